The van der Waals surface area contributed by atoms with Gasteiger partial charge in [0.1, 0.15) is 0 Å². The van der Waals surface area contributed by atoms with Crippen LogP contribution < -0.4 is 4.87 Å². The topological polar surface area (TPSA) is 54.6 Å². The summed E-state index contributed by atoms with van der Waals surface area (Å²) >= 11 is 0.869. The second kappa shape index (κ2) is 6.79. The molecule has 142 valence electrons. The van der Waals surface area contributed by atoms with Gasteiger partial charge in [-0.2, -0.15) is 13.2 Å². The van der Waals surface area contributed by atoms with E-state index in [9.17, 15) is 23.1 Å². The van der Waals surface area contributed by atoms with E-state index in [4.69, 9.17) is 0 Å². The van der Waals surface area contributed by atoms with E-state index < -0.39 is 16.6 Å². The Hall–Kier alpha value is -3.13. The minimum atomic E-state index is -4.42. The van der Waals surface area contributed by atoms with Gasteiger partial charge in [-0.05, 0) is 29.8 Å². The second-order valence-corrected chi connectivity index (χ2v) is 7.20. The van der Waals surface area contributed by atoms with E-state index in [1.54, 1.807) is 12.3 Å². The summed E-state index contributed by atoms with van der Waals surface area (Å²) in [4.78, 5) is 16.5. The average Bonchev–Trinajstić information content (AvgIpc) is 3.18. The third kappa shape index (κ3) is 3.38. The minimum Gasteiger partial charge on any atom is -0.493 e. The van der Waals surface area contributed by atoms with Crippen LogP contribution in [-0.2, 0) is 12.7 Å². The number of hydrogen-bond acceptors (Lipinski definition) is 4. The van der Waals surface area contributed by atoms with Crippen molar-refractivity contribution in [3.63, 3.8) is 0 Å². The molecule has 4 rings (SSSR count). The molecule has 2 heterocycles. The fourth-order valence-electron chi connectivity index (χ4n) is 2.92. The number of benzene rings is 2. The van der Waals surface area contributed by atoms with Gasteiger partial charge in [-0.25, -0.2) is 0 Å². The van der Waals surface area contributed by atoms with Crippen molar-refractivity contribution in [3.05, 3.63) is 79.8 Å². The third-order valence-electron chi connectivity index (χ3n) is 4.36. The van der Waals surface area contributed by atoms with Crippen LogP contribution in [0.15, 0.2) is 58.3 Å². The van der Waals surface area contributed by atoms with Crippen molar-refractivity contribution in [1.29, 1.82) is 0 Å². The number of thiazole rings is 1. The van der Waals surface area contributed by atoms with Crippen LogP contribution in [0.3, 0.4) is 0 Å². The van der Waals surface area contributed by atoms with Crippen LogP contribution in [0.2, 0.25) is 0 Å². The molecule has 4 nitrogen and oxygen atoms in total. The summed E-state index contributed by atoms with van der Waals surface area (Å²) in [6, 6.07) is 12.0. The first kappa shape index (κ1) is 18.2. The van der Waals surface area contributed by atoms with E-state index >= 15 is 0 Å². The van der Waals surface area contributed by atoms with E-state index in [2.05, 4.69) is 4.99 Å². The molecule has 0 unspecified atom stereocenters. The summed E-state index contributed by atoms with van der Waals surface area (Å²) in [6.07, 6.45) is -1.08. The standard InChI is InChI=1S/C20H13F3N2O2S/c21-20(22,23)14-7-5-12(6-8-14)11-25-18(26)17(28-19(25)27)9-13-10-24-16-4-2-1-3-15(13)16/h1-10,26H,11H2. The van der Waals surface area contributed by atoms with E-state index in [0.717, 1.165) is 44.9 Å². The van der Waals surface area contributed by atoms with Gasteiger partial charge < -0.3 is 5.11 Å². The molecular weight excluding hydrogens is 389 g/mol. The largest absolute Gasteiger partial charge is 0.493 e. The van der Waals surface area contributed by atoms with Gasteiger partial charge in [0, 0.05) is 17.4 Å². The summed E-state index contributed by atoms with van der Waals surface area (Å²) in [5, 5.41) is 10.5. The number of allylic oxidation sites excluding steroid dienone is 1. The molecule has 2 aromatic carbocycles. The Morgan fingerprint density at radius 3 is 2.54 bits per heavy atom. The molecular formula is C20H13F3N2O2S. The molecule has 1 aromatic heterocycles. The zero-order chi connectivity index (χ0) is 19.9. The smallest absolute Gasteiger partial charge is 0.416 e. The fourth-order valence-corrected chi connectivity index (χ4v) is 3.76. The predicted molar refractivity (Wildman–Crippen MR) is 103 cm³/mol. The lowest BCUT2D eigenvalue weighted by molar-refractivity contribution is -0.137. The van der Waals surface area contributed by atoms with Gasteiger partial charge in [0.05, 0.1) is 22.7 Å². The first-order chi connectivity index (χ1) is 13.3. The summed E-state index contributed by atoms with van der Waals surface area (Å²) < 4.78 is 39.1. The van der Waals surface area contributed by atoms with Crippen molar-refractivity contribution in [2.45, 2.75) is 12.7 Å². The molecule has 0 saturated heterocycles. The highest BCUT2D eigenvalue weighted by Gasteiger charge is 2.30. The van der Waals surface area contributed by atoms with E-state index in [0.29, 0.717) is 10.4 Å². The fraction of sp³-hybridized carbons (Fsp3) is 0.100. The highest BCUT2D eigenvalue weighted by atomic mass is 32.1. The lowest BCUT2D eigenvalue weighted by Crippen LogP contribution is -2.13. The van der Waals surface area contributed by atoms with E-state index in [1.165, 1.54) is 12.1 Å². The molecule has 0 fully saturated rings. The van der Waals surface area contributed by atoms with Crippen molar-refractivity contribution in [1.82, 2.24) is 4.57 Å². The molecule has 0 radical (unpaired) electrons. The Morgan fingerprint density at radius 1 is 1.11 bits per heavy atom. The number of rotatable bonds is 3. The number of halogens is 3. The Bertz CT molecular complexity index is 1160. The van der Waals surface area contributed by atoms with Crippen molar-refractivity contribution < 1.29 is 18.3 Å². The highest BCUT2D eigenvalue weighted by Crippen LogP contribution is 2.34. The number of aromatic nitrogens is 1. The first-order valence-corrected chi connectivity index (χ1v) is 9.08. The Balaban J connectivity index is 1.63. The normalized spacial score (nSPS) is 14.6. The van der Waals surface area contributed by atoms with Crippen molar-refractivity contribution in [2.75, 3.05) is 0 Å². The molecule has 0 bridgehead atoms. The Kier molecular flexibility index (Phi) is 4.43. The first-order valence-electron chi connectivity index (χ1n) is 8.27. The molecule has 3 aromatic rings. The SMILES string of the molecule is O=c1sc(C=C2C=Nc3ccccc32)c(O)n1Cc1ccc(C(F)(F)F)cc1. The third-order valence-corrected chi connectivity index (χ3v) is 5.28. The molecule has 0 atom stereocenters. The maximum absolute atomic E-state index is 12.7. The van der Waals surface area contributed by atoms with Crippen molar-refractivity contribution >= 4 is 34.9 Å². The van der Waals surface area contributed by atoms with Crippen LogP contribution in [0, 0.1) is 0 Å². The second-order valence-electron chi connectivity index (χ2n) is 6.21. The zero-order valence-corrected chi connectivity index (χ0v) is 15.1. The van der Waals surface area contributed by atoms with Crippen LogP contribution in [0.4, 0.5) is 18.9 Å². The molecule has 1 N–H and O–H groups in total. The summed E-state index contributed by atoms with van der Waals surface area (Å²) in [5.74, 6) is -0.222. The maximum atomic E-state index is 12.7. The number of alkyl halides is 3. The molecule has 0 spiro atoms. The van der Waals surface area contributed by atoms with Gasteiger partial charge in [-0.3, -0.25) is 14.4 Å². The van der Waals surface area contributed by atoms with Crippen molar-refractivity contribution in [2.24, 2.45) is 4.99 Å². The molecule has 28 heavy (non-hydrogen) atoms. The highest BCUT2D eigenvalue weighted by molar-refractivity contribution is 7.10. The summed E-state index contributed by atoms with van der Waals surface area (Å²) in [6.45, 7) is -0.0207. The number of nitrogens with zero attached hydrogens (tertiary/aromatic N) is 2. The number of hydrogen-bond donors (Lipinski definition) is 1. The maximum Gasteiger partial charge on any atom is 0.416 e. The zero-order valence-electron chi connectivity index (χ0n) is 14.3. The molecule has 0 aliphatic carbocycles. The number of para-hydroxylation sites is 1. The van der Waals surface area contributed by atoms with Crippen molar-refractivity contribution in [3.8, 4) is 5.88 Å². The van der Waals surface area contributed by atoms with Crippen LogP contribution in [0.25, 0.3) is 11.6 Å². The Labute approximate surface area is 161 Å². The number of aromatic hydroxyl groups is 1. The van der Waals surface area contributed by atoms with Gasteiger partial charge in [0.15, 0.2) is 0 Å². The van der Waals surface area contributed by atoms with Gasteiger partial charge in [-0.1, -0.05) is 41.7 Å². The molecule has 0 saturated carbocycles. The molecule has 0 amide bonds. The monoisotopic (exact) mass is 402 g/mol. The van der Waals surface area contributed by atoms with E-state index in [-0.39, 0.29) is 12.4 Å². The lowest BCUT2D eigenvalue weighted by Gasteiger charge is -2.08. The molecule has 8 heteroatoms. The minimum absolute atomic E-state index is 0.0207. The van der Waals surface area contributed by atoms with Gasteiger partial charge in [0.2, 0.25) is 5.88 Å². The van der Waals surface area contributed by atoms with Crippen LogP contribution in [0.5, 0.6) is 5.88 Å². The van der Waals surface area contributed by atoms with Crippen LogP contribution >= 0.6 is 11.3 Å². The summed E-state index contributed by atoms with van der Waals surface area (Å²) in [7, 11) is 0. The predicted octanol–water partition coefficient (Wildman–Crippen LogP) is 4.94. The number of aliphatic imine (C=N–C) groups is 1. The lowest BCUT2D eigenvalue weighted by atomic mass is 10.1. The summed E-state index contributed by atoms with van der Waals surface area (Å²) in [5.41, 5.74) is 2.20. The molecule has 1 aliphatic rings. The van der Waals surface area contributed by atoms with Crippen LogP contribution in [0.1, 0.15) is 21.6 Å². The number of fused-ring (bicyclic) bond motifs is 1. The van der Waals surface area contributed by atoms with Gasteiger partial charge in [-0.15, -0.1) is 0 Å². The Morgan fingerprint density at radius 2 is 1.82 bits per heavy atom. The quantitative estimate of drug-likeness (QED) is 0.675. The molecule has 1 aliphatic heterocycles. The van der Waals surface area contributed by atoms with Gasteiger partial charge >= 0.3 is 11.0 Å². The van der Waals surface area contributed by atoms with Gasteiger partial charge in [0.25, 0.3) is 0 Å². The average molecular weight is 402 g/mol. The van der Waals surface area contributed by atoms with Crippen LogP contribution in [-0.4, -0.2) is 15.9 Å². The van der Waals surface area contributed by atoms with E-state index in [1.807, 2.05) is 24.3 Å².